The number of pyridine rings is 1. The summed E-state index contributed by atoms with van der Waals surface area (Å²) in [6, 6.07) is 32.6. The summed E-state index contributed by atoms with van der Waals surface area (Å²) in [5.41, 5.74) is 8.83. The average molecular weight is 549 g/mol. The van der Waals surface area contributed by atoms with Crippen LogP contribution in [0, 0.1) is 13.8 Å². The van der Waals surface area contributed by atoms with Crippen molar-refractivity contribution < 1.29 is 9.53 Å². The molecule has 0 aliphatic carbocycles. The van der Waals surface area contributed by atoms with Crippen molar-refractivity contribution in [2.45, 2.75) is 32.9 Å². The maximum Gasteiger partial charge on any atom is 0.360 e. The molecule has 5 heterocycles. The van der Waals surface area contributed by atoms with Crippen LogP contribution in [0.25, 0.3) is 38.6 Å². The van der Waals surface area contributed by atoms with Gasteiger partial charge in [-0.25, -0.2) is 14.8 Å². The number of hydrogen-bond donors (Lipinski definition) is 0. The molecule has 42 heavy (non-hydrogen) atoms. The van der Waals surface area contributed by atoms with Gasteiger partial charge in [-0.1, -0.05) is 66.7 Å². The fourth-order valence-corrected chi connectivity index (χ4v) is 7.05. The number of para-hydroxylation sites is 3. The Bertz CT molecular complexity index is 2210. The SMILES string of the molecule is CCn1c(C)c(C2(c3c(-c4ccccc4)c(C)n4ccccc34)OC(=O)c3nc4ccccc4nc32)c2ccccc21. The number of hydrogen-bond acceptors (Lipinski definition) is 4. The van der Waals surface area contributed by atoms with E-state index >= 15 is 0 Å². The fourth-order valence-electron chi connectivity index (χ4n) is 7.05. The Morgan fingerprint density at radius 2 is 1.40 bits per heavy atom. The molecular formula is C36H28N4O2. The van der Waals surface area contributed by atoms with E-state index in [1.165, 1.54) is 0 Å². The zero-order valence-corrected chi connectivity index (χ0v) is 23.6. The molecule has 0 fully saturated rings. The lowest BCUT2D eigenvalue weighted by atomic mass is 9.78. The molecule has 204 valence electrons. The molecule has 4 aromatic heterocycles. The van der Waals surface area contributed by atoms with Crippen LogP contribution in [0.2, 0.25) is 0 Å². The van der Waals surface area contributed by atoms with Gasteiger partial charge in [-0.2, -0.15) is 0 Å². The first-order chi connectivity index (χ1) is 20.5. The molecule has 0 bridgehead atoms. The highest BCUT2D eigenvalue weighted by Crippen LogP contribution is 2.54. The number of aryl methyl sites for hydroxylation is 2. The average Bonchev–Trinajstić information content (AvgIpc) is 3.60. The summed E-state index contributed by atoms with van der Waals surface area (Å²) in [5.74, 6) is -0.470. The first kappa shape index (κ1) is 24.6. The quantitative estimate of drug-likeness (QED) is 0.213. The van der Waals surface area contributed by atoms with E-state index in [2.05, 4.69) is 72.3 Å². The summed E-state index contributed by atoms with van der Waals surface area (Å²) in [6.45, 7) is 7.16. The second-order valence-electron chi connectivity index (χ2n) is 10.9. The van der Waals surface area contributed by atoms with Crippen LogP contribution in [0.1, 0.15) is 45.6 Å². The summed E-state index contributed by atoms with van der Waals surface area (Å²) in [4.78, 5) is 24.1. The number of fused-ring (bicyclic) bond motifs is 4. The van der Waals surface area contributed by atoms with Crippen LogP contribution in [-0.2, 0) is 16.9 Å². The molecule has 6 heteroatoms. The molecule has 8 rings (SSSR count). The molecule has 0 amide bonds. The van der Waals surface area contributed by atoms with Crippen LogP contribution in [0.3, 0.4) is 0 Å². The topological polar surface area (TPSA) is 61.4 Å². The normalized spacial score (nSPS) is 16.4. The summed E-state index contributed by atoms with van der Waals surface area (Å²) in [5, 5.41) is 1.03. The second-order valence-corrected chi connectivity index (χ2v) is 10.9. The van der Waals surface area contributed by atoms with E-state index in [1.807, 2.05) is 60.7 Å². The third kappa shape index (κ3) is 3.12. The Labute approximate surface area is 242 Å². The van der Waals surface area contributed by atoms with Crippen molar-refractivity contribution in [2.24, 2.45) is 0 Å². The van der Waals surface area contributed by atoms with Crippen molar-refractivity contribution in [2.75, 3.05) is 0 Å². The Kier molecular flexibility index (Phi) is 5.19. The maximum atomic E-state index is 14.0. The minimum Gasteiger partial charge on any atom is -0.437 e. The van der Waals surface area contributed by atoms with Crippen molar-refractivity contribution in [3.8, 4) is 11.1 Å². The van der Waals surface area contributed by atoms with E-state index < -0.39 is 11.6 Å². The van der Waals surface area contributed by atoms with Gasteiger partial charge in [-0.15, -0.1) is 0 Å². The minimum atomic E-state index is -1.35. The van der Waals surface area contributed by atoms with Gasteiger partial charge in [0.05, 0.1) is 16.6 Å². The molecule has 0 N–H and O–H groups in total. The Balaban J connectivity index is 1.64. The fraction of sp³-hybridized carbons (Fsp3) is 0.139. The number of ether oxygens (including phenoxy) is 1. The number of cyclic esters (lactones) is 1. The van der Waals surface area contributed by atoms with Crippen LogP contribution in [0.4, 0.5) is 0 Å². The van der Waals surface area contributed by atoms with Gasteiger partial charge in [0.25, 0.3) is 0 Å². The Morgan fingerprint density at radius 3 is 2.19 bits per heavy atom. The standard InChI is InChI=1S/C36H28N4O2/c1-4-39-23(3)31(25-16-8-11-19-28(25)39)36(34-33(35(41)42-36)37-26-17-9-10-18-27(26)38-34)32-29-20-12-13-21-40(29)22(2)30(32)24-14-6-5-7-15-24/h5-21H,4H2,1-3H3. The van der Waals surface area contributed by atoms with Crippen molar-refractivity contribution in [1.29, 1.82) is 0 Å². The first-order valence-corrected chi connectivity index (χ1v) is 14.3. The Morgan fingerprint density at radius 1 is 0.738 bits per heavy atom. The molecular weight excluding hydrogens is 520 g/mol. The number of benzene rings is 3. The molecule has 0 saturated carbocycles. The highest BCUT2D eigenvalue weighted by Gasteiger charge is 2.56. The number of carbonyl (C=O) groups is 1. The third-order valence-electron chi connectivity index (χ3n) is 8.75. The van der Waals surface area contributed by atoms with E-state index in [0.717, 1.165) is 62.1 Å². The lowest BCUT2D eigenvalue weighted by molar-refractivity contribution is 0.0249. The predicted molar refractivity (Wildman–Crippen MR) is 165 cm³/mol. The number of carbonyl (C=O) groups excluding carboxylic acids is 1. The minimum absolute atomic E-state index is 0.258. The summed E-state index contributed by atoms with van der Waals surface area (Å²) < 4.78 is 11.3. The molecule has 0 radical (unpaired) electrons. The van der Waals surface area contributed by atoms with Crippen molar-refractivity contribution >= 4 is 33.4 Å². The van der Waals surface area contributed by atoms with Gasteiger partial charge < -0.3 is 13.7 Å². The summed E-state index contributed by atoms with van der Waals surface area (Å²) in [6.07, 6.45) is 2.07. The van der Waals surface area contributed by atoms with E-state index in [0.29, 0.717) is 11.2 Å². The molecule has 3 aromatic carbocycles. The number of aromatic nitrogens is 4. The zero-order chi connectivity index (χ0) is 28.6. The van der Waals surface area contributed by atoms with Crippen molar-refractivity contribution in [1.82, 2.24) is 18.9 Å². The van der Waals surface area contributed by atoms with Crippen LogP contribution in [0.5, 0.6) is 0 Å². The zero-order valence-electron chi connectivity index (χ0n) is 23.6. The van der Waals surface area contributed by atoms with Crippen LogP contribution in [-0.4, -0.2) is 24.9 Å². The molecule has 0 spiro atoms. The van der Waals surface area contributed by atoms with E-state index in [9.17, 15) is 4.79 Å². The highest BCUT2D eigenvalue weighted by atomic mass is 16.6. The molecule has 1 unspecified atom stereocenters. The van der Waals surface area contributed by atoms with Gasteiger partial charge in [-0.05, 0) is 56.7 Å². The lowest BCUT2D eigenvalue weighted by Crippen LogP contribution is -2.32. The van der Waals surface area contributed by atoms with Gasteiger partial charge in [0.1, 0.15) is 5.69 Å². The largest absolute Gasteiger partial charge is 0.437 e. The predicted octanol–water partition coefficient (Wildman–Crippen LogP) is 7.60. The van der Waals surface area contributed by atoms with Crippen LogP contribution < -0.4 is 0 Å². The maximum absolute atomic E-state index is 14.0. The van der Waals surface area contributed by atoms with Crippen molar-refractivity contribution in [3.05, 3.63) is 137 Å². The number of rotatable bonds is 4. The Hall–Kier alpha value is -5.23. The monoisotopic (exact) mass is 548 g/mol. The second kappa shape index (κ2) is 8.88. The summed E-state index contributed by atoms with van der Waals surface area (Å²) >= 11 is 0. The van der Waals surface area contributed by atoms with Crippen LogP contribution >= 0.6 is 0 Å². The molecule has 1 atom stereocenters. The van der Waals surface area contributed by atoms with Gasteiger partial charge in [-0.3, -0.25) is 0 Å². The molecule has 7 aromatic rings. The first-order valence-electron chi connectivity index (χ1n) is 14.3. The van der Waals surface area contributed by atoms with Crippen molar-refractivity contribution in [3.63, 3.8) is 0 Å². The number of nitrogens with zero attached hydrogens (tertiary/aromatic N) is 4. The molecule has 1 aliphatic heterocycles. The van der Waals surface area contributed by atoms with E-state index in [1.54, 1.807) is 0 Å². The van der Waals surface area contributed by atoms with Gasteiger partial charge in [0.15, 0.2) is 5.69 Å². The van der Waals surface area contributed by atoms with Gasteiger partial charge in [0.2, 0.25) is 5.60 Å². The summed E-state index contributed by atoms with van der Waals surface area (Å²) in [7, 11) is 0. The molecule has 0 saturated heterocycles. The highest BCUT2D eigenvalue weighted by molar-refractivity contribution is 6.00. The van der Waals surface area contributed by atoms with E-state index in [-0.39, 0.29) is 5.69 Å². The third-order valence-corrected chi connectivity index (χ3v) is 8.75. The molecule has 1 aliphatic rings. The van der Waals surface area contributed by atoms with Gasteiger partial charge in [0, 0.05) is 51.7 Å². The number of esters is 1. The molecule has 6 nitrogen and oxygen atoms in total. The smallest absolute Gasteiger partial charge is 0.360 e. The lowest BCUT2D eigenvalue weighted by Gasteiger charge is -2.30. The van der Waals surface area contributed by atoms with E-state index in [4.69, 9.17) is 14.7 Å². The van der Waals surface area contributed by atoms with Gasteiger partial charge >= 0.3 is 5.97 Å². The van der Waals surface area contributed by atoms with Crippen LogP contribution in [0.15, 0.2) is 103 Å².